The molecular weight excluding hydrogens is 244 g/mol. The summed E-state index contributed by atoms with van der Waals surface area (Å²) in [5.74, 6) is 3.50. The van der Waals surface area contributed by atoms with Crippen molar-refractivity contribution in [1.82, 2.24) is 10.2 Å². The Morgan fingerprint density at radius 3 is 2.44 bits per heavy atom. The molecule has 2 aliphatic rings. The van der Waals surface area contributed by atoms with Gasteiger partial charge in [0.2, 0.25) is 5.91 Å². The monoisotopic (exact) mass is 264 g/mol. The Balaban J connectivity index is 0.00000128. The van der Waals surface area contributed by atoms with Crippen molar-refractivity contribution < 1.29 is 4.79 Å². The van der Waals surface area contributed by atoms with Crippen LogP contribution in [0.5, 0.6) is 0 Å². The van der Waals surface area contributed by atoms with Gasteiger partial charge in [0, 0.05) is 24.7 Å². The molecule has 0 aromatic heterocycles. The van der Waals surface area contributed by atoms with Gasteiger partial charge in [-0.05, 0) is 18.3 Å². The van der Waals surface area contributed by atoms with Gasteiger partial charge in [-0.1, -0.05) is 13.8 Å². The highest BCUT2D eigenvalue weighted by atomic mass is 35.5. The van der Waals surface area contributed by atoms with E-state index in [0.29, 0.717) is 17.7 Å². The molecule has 0 saturated carbocycles. The van der Waals surface area contributed by atoms with Gasteiger partial charge in [0.25, 0.3) is 0 Å². The lowest BCUT2D eigenvalue weighted by Crippen LogP contribution is -2.50. The third-order valence-corrected chi connectivity index (χ3v) is 4.13. The number of halogens is 1. The van der Waals surface area contributed by atoms with Gasteiger partial charge in [-0.25, -0.2) is 0 Å². The van der Waals surface area contributed by atoms with Crippen LogP contribution in [0.25, 0.3) is 0 Å². The molecule has 1 amide bonds. The molecule has 2 aliphatic heterocycles. The number of carbonyl (C=O) groups is 1. The van der Waals surface area contributed by atoms with Crippen LogP contribution in [0.2, 0.25) is 0 Å². The minimum absolute atomic E-state index is 0. The molecule has 1 N–H and O–H groups in total. The molecule has 94 valence electrons. The Labute approximate surface area is 108 Å². The summed E-state index contributed by atoms with van der Waals surface area (Å²) >= 11 is 1.82. The van der Waals surface area contributed by atoms with Gasteiger partial charge in [-0.2, -0.15) is 0 Å². The van der Waals surface area contributed by atoms with E-state index in [2.05, 4.69) is 24.1 Å². The van der Waals surface area contributed by atoms with Crippen LogP contribution in [0, 0.1) is 11.8 Å². The number of amides is 1. The maximum absolute atomic E-state index is 12.1. The lowest BCUT2D eigenvalue weighted by molar-refractivity contribution is -0.135. The Bertz CT molecular complexity index is 236. The van der Waals surface area contributed by atoms with Crippen molar-refractivity contribution in [2.75, 3.05) is 24.7 Å². The molecule has 16 heavy (non-hydrogen) atoms. The average molecular weight is 265 g/mol. The lowest BCUT2D eigenvalue weighted by atomic mass is 9.91. The third kappa shape index (κ3) is 3.28. The number of thioether (sulfide) groups is 1. The Kier molecular flexibility index (Phi) is 5.41. The fraction of sp³-hybridized carbons (Fsp3) is 0.909. The van der Waals surface area contributed by atoms with Crippen molar-refractivity contribution in [3.05, 3.63) is 0 Å². The normalized spacial score (nSPS) is 34.6. The number of nitrogens with one attached hydrogen (secondary N) is 1. The topological polar surface area (TPSA) is 32.3 Å². The molecule has 3 nitrogen and oxygen atoms in total. The van der Waals surface area contributed by atoms with Gasteiger partial charge in [-0.15, -0.1) is 24.2 Å². The van der Waals surface area contributed by atoms with Crippen molar-refractivity contribution in [2.45, 2.75) is 26.3 Å². The number of likely N-dealkylation sites (tertiary alicyclic amines) is 1. The second kappa shape index (κ2) is 6.12. The first kappa shape index (κ1) is 14.1. The summed E-state index contributed by atoms with van der Waals surface area (Å²) in [6.07, 6.45) is 1.26. The molecule has 5 heteroatoms. The van der Waals surface area contributed by atoms with Crippen molar-refractivity contribution in [2.24, 2.45) is 11.8 Å². The first-order chi connectivity index (χ1) is 7.16. The van der Waals surface area contributed by atoms with Gasteiger partial charge in [0.05, 0.1) is 6.04 Å². The van der Waals surface area contributed by atoms with Gasteiger partial charge in [-0.3, -0.25) is 10.1 Å². The SMILES string of the molecule is CC1CC(C)CN(C(=O)C2CSCN2)C1.Cl. The molecule has 3 unspecified atom stereocenters. The number of rotatable bonds is 1. The standard InChI is InChI=1S/C11H20N2OS.ClH/c1-8-3-9(2)5-13(4-8)11(14)10-6-15-7-12-10;/h8-10,12H,3-7H2,1-2H3;1H. The smallest absolute Gasteiger partial charge is 0.240 e. The molecule has 0 spiro atoms. The van der Waals surface area contributed by atoms with Crippen LogP contribution in [-0.4, -0.2) is 41.6 Å². The van der Waals surface area contributed by atoms with E-state index in [1.807, 2.05) is 11.8 Å². The summed E-state index contributed by atoms with van der Waals surface area (Å²) in [6, 6.07) is 0.0764. The zero-order chi connectivity index (χ0) is 10.8. The summed E-state index contributed by atoms with van der Waals surface area (Å²) in [5.41, 5.74) is 0. The number of carbonyl (C=O) groups excluding carboxylic acids is 1. The second-order valence-electron chi connectivity index (χ2n) is 4.96. The summed E-state index contributed by atoms with van der Waals surface area (Å²) in [5, 5.41) is 3.26. The maximum atomic E-state index is 12.1. The van der Waals surface area contributed by atoms with Crippen molar-refractivity contribution in [3.8, 4) is 0 Å². The molecule has 0 radical (unpaired) electrons. The fourth-order valence-corrected chi connectivity index (χ4v) is 3.55. The predicted molar refractivity (Wildman–Crippen MR) is 71.0 cm³/mol. The van der Waals surface area contributed by atoms with E-state index >= 15 is 0 Å². The molecular formula is C11H21ClN2OS. The van der Waals surface area contributed by atoms with Crippen LogP contribution in [0.1, 0.15) is 20.3 Å². The van der Waals surface area contributed by atoms with E-state index < -0.39 is 0 Å². The molecule has 0 bridgehead atoms. The molecule has 2 fully saturated rings. The maximum Gasteiger partial charge on any atom is 0.240 e. The molecule has 2 heterocycles. The van der Waals surface area contributed by atoms with E-state index in [0.717, 1.165) is 24.7 Å². The highest BCUT2D eigenvalue weighted by Crippen LogP contribution is 2.22. The van der Waals surface area contributed by atoms with E-state index in [-0.39, 0.29) is 18.4 Å². The van der Waals surface area contributed by atoms with Gasteiger partial charge in [0.1, 0.15) is 0 Å². The fourth-order valence-electron chi connectivity index (χ4n) is 2.62. The summed E-state index contributed by atoms with van der Waals surface area (Å²) < 4.78 is 0. The zero-order valence-corrected chi connectivity index (χ0v) is 11.6. The van der Waals surface area contributed by atoms with Gasteiger partial charge in [0.15, 0.2) is 0 Å². The molecule has 0 aliphatic carbocycles. The van der Waals surface area contributed by atoms with Crippen LogP contribution >= 0.6 is 24.2 Å². The van der Waals surface area contributed by atoms with E-state index in [1.54, 1.807) is 0 Å². The number of hydrogen-bond donors (Lipinski definition) is 1. The van der Waals surface area contributed by atoms with Gasteiger partial charge >= 0.3 is 0 Å². The third-order valence-electron chi connectivity index (χ3n) is 3.19. The Hall–Kier alpha value is 0.0700. The average Bonchev–Trinajstić information content (AvgIpc) is 2.67. The molecule has 2 rings (SSSR count). The quantitative estimate of drug-likeness (QED) is 0.781. The summed E-state index contributed by atoms with van der Waals surface area (Å²) in [6.45, 7) is 6.39. The predicted octanol–water partition coefficient (Wildman–Crippen LogP) is 1.58. The minimum Gasteiger partial charge on any atom is -0.341 e. The first-order valence-electron chi connectivity index (χ1n) is 5.76. The minimum atomic E-state index is 0. The molecule has 2 saturated heterocycles. The number of piperidine rings is 1. The Morgan fingerprint density at radius 1 is 1.31 bits per heavy atom. The lowest BCUT2D eigenvalue weighted by Gasteiger charge is -2.36. The van der Waals surface area contributed by atoms with Crippen molar-refractivity contribution in [3.63, 3.8) is 0 Å². The van der Waals surface area contributed by atoms with Crippen LogP contribution in [0.4, 0.5) is 0 Å². The summed E-state index contributed by atoms with van der Waals surface area (Å²) in [4.78, 5) is 14.2. The molecule has 3 atom stereocenters. The van der Waals surface area contributed by atoms with Crippen LogP contribution < -0.4 is 5.32 Å². The zero-order valence-electron chi connectivity index (χ0n) is 9.94. The van der Waals surface area contributed by atoms with Crippen LogP contribution in [-0.2, 0) is 4.79 Å². The molecule has 0 aromatic rings. The summed E-state index contributed by atoms with van der Waals surface area (Å²) in [7, 11) is 0. The van der Waals surface area contributed by atoms with E-state index in [9.17, 15) is 4.79 Å². The number of hydrogen-bond acceptors (Lipinski definition) is 3. The van der Waals surface area contributed by atoms with Crippen molar-refractivity contribution in [1.29, 1.82) is 0 Å². The second-order valence-corrected chi connectivity index (χ2v) is 5.99. The van der Waals surface area contributed by atoms with E-state index in [1.165, 1.54) is 6.42 Å². The largest absolute Gasteiger partial charge is 0.341 e. The van der Waals surface area contributed by atoms with Crippen LogP contribution in [0.15, 0.2) is 0 Å². The van der Waals surface area contributed by atoms with E-state index in [4.69, 9.17) is 0 Å². The molecule has 0 aromatic carbocycles. The highest BCUT2D eigenvalue weighted by Gasteiger charge is 2.31. The van der Waals surface area contributed by atoms with Crippen LogP contribution in [0.3, 0.4) is 0 Å². The Morgan fingerprint density at radius 2 is 1.94 bits per heavy atom. The highest BCUT2D eigenvalue weighted by molar-refractivity contribution is 7.99. The van der Waals surface area contributed by atoms with Crippen molar-refractivity contribution >= 4 is 30.1 Å². The number of nitrogens with zero attached hydrogens (tertiary/aromatic N) is 1. The van der Waals surface area contributed by atoms with Gasteiger partial charge < -0.3 is 4.90 Å². The first-order valence-corrected chi connectivity index (χ1v) is 6.92.